The average molecular weight is 328 g/mol. The van der Waals surface area contributed by atoms with E-state index in [0.717, 1.165) is 5.69 Å². The quantitative estimate of drug-likeness (QED) is 0.626. The van der Waals surface area contributed by atoms with E-state index < -0.39 is 10.0 Å². The number of ether oxygens (including phenoxy) is 1. The van der Waals surface area contributed by atoms with Crippen molar-refractivity contribution in [1.82, 2.24) is 4.72 Å². The van der Waals surface area contributed by atoms with Crippen LogP contribution in [0.5, 0.6) is 0 Å². The van der Waals surface area contributed by atoms with Crippen LogP contribution in [0.4, 0.5) is 11.4 Å². The maximum Gasteiger partial charge on any atom is 0.266 e. The second kappa shape index (κ2) is 6.95. The topological polar surface area (TPSA) is 103 Å². The van der Waals surface area contributed by atoms with Crippen molar-refractivity contribution < 1.29 is 18.3 Å². The minimum Gasteiger partial charge on any atom is -0.394 e. The molecule has 122 valence electrons. The molecule has 0 aliphatic carbocycles. The zero-order valence-corrected chi connectivity index (χ0v) is 13.4. The molecule has 9 heteroatoms. The van der Waals surface area contributed by atoms with Crippen LogP contribution in [-0.4, -0.2) is 59.9 Å². The fraction of sp³-hybridized carbons (Fsp3) is 0.462. The normalized spacial score (nSPS) is 17.5. The van der Waals surface area contributed by atoms with Crippen LogP contribution in [0.15, 0.2) is 28.1 Å². The van der Waals surface area contributed by atoms with Gasteiger partial charge in [0.1, 0.15) is 4.90 Å². The number of nitrogens with one attached hydrogen (secondary N) is 2. The van der Waals surface area contributed by atoms with Crippen LogP contribution < -0.4 is 14.9 Å². The van der Waals surface area contributed by atoms with Gasteiger partial charge in [0.25, 0.3) is 10.0 Å². The fourth-order valence-corrected chi connectivity index (χ4v) is 3.08. The Balaban J connectivity index is 2.15. The molecule has 1 heterocycles. The number of fused-ring (bicyclic) bond motifs is 1. The Hall–Kier alpha value is -1.84. The first-order valence-electron chi connectivity index (χ1n) is 6.78. The molecular formula is C13H20N4O4S. The lowest BCUT2D eigenvalue weighted by Crippen LogP contribution is -2.41. The number of guanidine groups is 1. The first-order valence-corrected chi connectivity index (χ1v) is 8.26. The lowest BCUT2D eigenvalue weighted by Gasteiger charge is -2.23. The predicted molar refractivity (Wildman–Crippen MR) is 84.9 cm³/mol. The molecule has 0 saturated carbocycles. The van der Waals surface area contributed by atoms with Gasteiger partial charge in [0.05, 0.1) is 32.1 Å². The van der Waals surface area contributed by atoms with Crippen molar-refractivity contribution in [2.75, 3.05) is 50.7 Å². The minimum atomic E-state index is -3.65. The highest BCUT2D eigenvalue weighted by Gasteiger charge is 2.26. The van der Waals surface area contributed by atoms with Gasteiger partial charge < -0.3 is 20.1 Å². The number of aliphatic hydroxyl groups is 1. The summed E-state index contributed by atoms with van der Waals surface area (Å²) in [6.45, 7) is 0.777. The molecule has 0 saturated heterocycles. The maximum absolute atomic E-state index is 12.3. The molecule has 0 spiro atoms. The number of aliphatic imine (C=N–C) groups is 1. The summed E-state index contributed by atoms with van der Waals surface area (Å²) in [5.74, 6) is 0.165. The molecule has 22 heavy (non-hydrogen) atoms. The molecule has 0 radical (unpaired) electrons. The van der Waals surface area contributed by atoms with E-state index in [1.807, 2.05) is 25.1 Å². The molecule has 1 aromatic rings. The number of rotatable bonds is 6. The molecule has 3 N–H and O–H groups in total. The SMILES string of the molecule is CN(C)c1ccc2c(c1)S(=O)(=O)NC(=NCCOCCO)N2. The van der Waals surface area contributed by atoms with Crippen molar-refractivity contribution in [1.29, 1.82) is 0 Å². The van der Waals surface area contributed by atoms with Crippen LogP contribution in [0, 0.1) is 0 Å². The third-order valence-electron chi connectivity index (χ3n) is 3.00. The van der Waals surface area contributed by atoms with Gasteiger partial charge >= 0.3 is 0 Å². The van der Waals surface area contributed by atoms with Crippen LogP contribution >= 0.6 is 0 Å². The Bertz CT molecular complexity index is 658. The number of sulfonamides is 1. The lowest BCUT2D eigenvalue weighted by molar-refractivity contribution is 0.0978. The first-order chi connectivity index (χ1) is 10.4. The second-order valence-electron chi connectivity index (χ2n) is 4.87. The molecule has 8 nitrogen and oxygen atoms in total. The number of hydrogen-bond acceptors (Lipinski definition) is 6. The Labute approximate surface area is 129 Å². The fourth-order valence-electron chi connectivity index (χ4n) is 1.91. The molecule has 0 bridgehead atoms. The number of anilines is 2. The van der Waals surface area contributed by atoms with Crippen molar-refractivity contribution in [3.05, 3.63) is 18.2 Å². The molecule has 0 unspecified atom stereocenters. The molecule has 0 aromatic heterocycles. The summed E-state index contributed by atoms with van der Waals surface area (Å²) in [6.07, 6.45) is 0. The molecule has 2 rings (SSSR count). The van der Waals surface area contributed by atoms with Crippen LogP contribution in [0.1, 0.15) is 0 Å². The largest absolute Gasteiger partial charge is 0.394 e. The summed E-state index contributed by atoms with van der Waals surface area (Å²) in [7, 11) is 0.0437. The monoisotopic (exact) mass is 328 g/mol. The van der Waals surface area contributed by atoms with Gasteiger partial charge in [0.2, 0.25) is 5.96 Å². The van der Waals surface area contributed by atoms with Gasteiger partial charge in [-0.2, -0.15) is 0 Å². The minimum absolute atomic E-state index is 0.0525. The smallest absolute Gasteiger partial charge is 0.266 e. The third-order valence-corrected chi connectivity index (χ3v) is 4.38. The molecule has 0 atom stereocenters. The molecule has 0 fully saturated rings. The van der Waals surface area contributed by atoms with E-state index in [4.69, 9.17) is 9.84 Å². The highest BCUT2D eigenvalue weighted by atomic mass is 32.2. The highest BCUT2D eigenvalue weighted by Crippen LogP contribution is 2.28. The summed E-state index contributed by atoms with van der Waals surface area (Å²) in [5.41, 5.74) is 1.28. The summed E-state index contributed by atoms with van der Waals surface area (Å²) >= 11 is 0. The highest BCUT2D eigenvalue weighted by molar-refractivity contribution is 7.90. The zero-order chi connectivity index (χ0) is 16.2. The Morgan fingerprint density at radius 2 is 2.09 bits per heavy atom. The Kier molecular flexibility index (Phi) is 5.22. The molecule has 1 aromatic carbocycles. The Morgan fingerprint density at radius 3 is 2.77 bits per heavy atom. The van der Waals surface area contributed by atoms with E-state index in [9.17, 15) is 8.42 Å². The van der Waals surface area contributed by atoms with Crippen LogP contribution in [0.2, 0.25) is 0 Å². The maximum atomic E-state index is 12.3. The molecule has 1 aliphatic rings. The standard InChI is InChI=1S/C13H20N4O4S/c1-17(2)10-3-4-11-12(9-10)22(19,20)16-13(15-11)14-5-7-21-8-6-18/h3-4,9,18H,5-8H2,1-2H3,(H2,14,15,16). The van der Waals surface area contributed by atoms with Crippen molar-refractivity contribution in [2.45, 2.75) is 4.90 Å². The predicted octanol–water partition coefficient (Wildman–Crippen LogP) is -0.179. The van der Waals surface area contributed by atoms with Gasteiger partial charge in [-0.3, -0.25) is 0 Å². The van der Waals surface area contributed by atoms with E-state index in [1.165, 1.54) is 0 Å². The summed E-state index contributed by atoms with van der Waals surface area (Å²) < 4.78 is 32.0. The molecule has 0 amide bonds. The lowest BCUT2D eigenvalue weighted by atomic mass is 10.2. The average Bonchev–Trinajstić information content (AvgIpc) is 2.46. The van der Waals surface area contributed by atoms with E-state index >= 15 is 0 Å². The van der Waals surface area contributed by atoms with Crippen molar-refractivity contribution >= 4 is 27.4 Å². The van der Waals surface area contributed by atoms with Gasteiger partial charge in [-0.1, -0.05) is 0 Å². The van der Waals surface area contributed by atoms with E-state index in [2.05, 4.69) is 15.0 Å². The van der Waals surface area contributed by atoms with Gasteiger partial charge in [0, 0.05) is 19.8 Å². The van der Waals surface area contributed by atoms with Crippen molar-refractivity contribution in [2.24, 2.45) is 4.99 Å². The van der Waals surface area contributed by atoms with Crippen molar-refractivity contribution in [3.8, 4) is 0 Å². The van der Waals surface area contributed by atoms with E-state index in [-0.39, 0.29) is 30.6 Å². The van der Waals surface area contributed by atoms with Gasteiger partial charge in [-0.25, -0.2) is 18.1 Å². The van der Waals surface area contributed by atoms with Gasteiger partial charge in [0.15, 0.2) is 0 Å². The number of benzene rings is 1. The first kappa shape index (κ1) is 16.5. The van der Waals surface area contributed by atoms with Crippen LogP contribution in [0.25, 0.3) is 0 Å². The molecular weight excluding hydrogens is 308 g/mol. The van der Waals surface area contributed by atoms with Gasteiger partial charge in [-0.15, -0.1) is 0 Å². The Morgan fingerprint density at radius 1 is 1.32 bits per heavy atom. The number of nitrogens with zero attached hydrogens (tertiary/aromatic N) is 2. The summed E-state index contributed by atoms with van der Waals surface area (Å²) in [5, 5.41) is 11.5. The molecule has 1 aliphatic heterocycles. The van der Waals surface area contributed by atoms with Gasteiger partial charge in [-0.05, 0) is 18.2 Å². The number of aliphatic hydroxyl groups excluding tert-OH is 1. The van der Waals surface area contributed by atoms with E-state index in [0.29, 0.717) is 12.3 Å². The second-order valence-corrected chi connectivity index (χ2v) is 6.52. The van der Waals surface area contributed by atoms with E-state index in [1.54, 1.807) is 12.1 Å². The zero-order valence-electron chi connectivity index (χ0n) is 12.5. The van der Waals surface area contributed by atoms with Crippen molar-refractivity contribution in [3.63, 3.8) is 0 Å². The van der Waals surface area contributed by atoms with Crippen LogP contribution in [0.3, 0.4) is 0 Å². The van der Waals surface area contributed by atoms with Crippen LogP contribution in [-0.2, 0) is 14.8 Å². The summed E-state index contributed by atoms with van der Waals surface area (Å²) in [6, 6.07) is 5.14. The number of hydrogen-bond donors (Lipinski definition) is 3. The third kappa shape index (κ3) is 3.87. The summed E-state index contributed by atoms with van der Waals surface area (Å²) in [4.78, 5) is 6.13.